The van der Waals surface area contributed by atoms with Crippen molar-refractivity contribution >= 4 is 30.5 Å². The molecule has 1 aliphatic rings. The summed E-state index contributed by atoms with van der Waals surface area (Å²) in [6.07, 6.45) is 0. The van der Waals surface area contributed by atoms with Gasteiger partial charge in [-0.15, -0.1) is 24.8 Å². The van der Waals surface area contributed by atoms with E-state index in [9.17, 15) is 10.1 Å². The van der Waals surface area contributed by atoms with Crippen LogP contribution in [0.25, 0.3) is 0 Å². The molecular weight excluding hydrogens is 345 g/mol. The summed E-state index contributed by atoms with van der Waals surface area (Å²) in [4.78, 5) is 13.2. The van der Waals surface area contributed by atoms with Gasteiger partial charge in [-0.2, -0.15) is 0 Å². The lowest BCUT2D eigenvalue weighted by atomic mass is 10.0. The van der Waals surface area contributed by atoms with Crippen LogP contribution in [0, 0.1) is 10.1 Å². The van der Waals surface area contributed by atoms with Crippen LogP contribution in [0.4, 0.5) is 5.69 Å². The summed E-state index contributed by atoms with van der Waals surface area (Å²) in [5.74, 6) is 0.889. The maximum atomic E-state index is 11.4. The first-order chi connectivity index (χ1) is 10.1. The first-order valence-electron chi connectivity index (χ1n) is 6.93. The fraction of sp³-hybridized carbons (Fsp3) is 0.571. The van der Waals surface area contributed by atoms with E-state index in [0.29, 0.717) is 17.1 Å². The smallest absolute Gasteiger partial charge is 0.278 e. The number of benzene rings is 1. The van der Waals surface area contributed by atoms with Crippen molar-refractivity contribution in [1.29, 1.82) is 0 Å². The highest BCUT2D eigenvalue weighted by Crippen LogP contribution is 2.38. The van der Waals surface area contributed by atoms with Gasteiger partial charge in [0.2, 0.25) is 0 Å². The molecule has 2 rings (SSSR count). The molecule has 0 radical (unpaired) electrons. The molecule has 0 unspecified atom stereocenters. The SMILES string of the molecule is COc1cc([C@@H](C)N2CCNCC2)c([N+](=O)[O-])cc1OC.Cl.Cl. The number of nitrogens with one attached hydrogen (secondary N) is 1. The summed E-state index contributed by atoms with van der Waals surface area (Å²) >= 11 is 0. The predicted octanol–water partition coefficient (Wildman–Crippen LogP) is 2.42. The first-order valence-corrected chi connectivity index (χ1v) is 6.93. The van der Waals surface area contributed by atoms with Crippen LogP contribution < -0.4 is 14.8 Å². The van der Waals surface area contributed by atoms with Crippen LogP contribution in [-0.2, 0) is 0 Å². The summed E-state index contributed by atoms with van der Waals surface area (Å²) < 4.78 is 10.4. The van der Waals surface area contributed by atoms with Crippen LogP contribution in [0.2, 0.25) is 0 Å². The zero-order valence-corrected chi connectivity index (χ0v) is 15.0. The number of rotatable bonds is 5. The number of piperazine rings is 1. The van der Waals surface area contributed by atoms with Gasteiger partial charge < -0.3 is 14.8 Å². The second-order valence-electron chi connectivity index (χ2n) is 4.99. The van der Waals surface area contributed by atoms with Crippen LogP contribution in [0.15, 0.2) is 12.1 Å². The molecular formula is C14H23Cl2N3O4. The van der Waals surface area contributed by atoms with Gasteiger partial charge in [-0.05, 0) is 13.0 Å². The topological polar surface area (TPSA) is 76.9 Å². The molecule has 1 atom stereocenters. The van der Waals surface area contributed by atoms with Gasteiger partial charge in [-0.1, -0.05) is 0 Å². The summed E-state index contributed by atoms with van der Waals surface area (Å²) in [5.41, 5.74) is 0.721. The molecule has 0 saturated carbocycles. The van der Waals surface area contributed by atoms with E-state index in [2.05, 4.69) is 10.2 Å². The third-order valence-corrected chi connectivity index (χ3v) is 3.88. The maximum Gasteiger partial charge on any atom is 0.278 e. The molecule has 1 N–H and O–H groups in total. The van der Waals surface area contributed by atoms with E-state index in [0.717, 1.165) is 26.2 Å². The lowest BCUT2D eigenvalue weighted by molar-refractivity contribution is -0.386. The van der Waals surface area contributed by atoms with Crippen molar-refractivity contribution in [2.75, 3.05) is 40.4 Å². The lowest BCUT2D eigenvalue weighted by Gasteiger charge is -2.33. The highest BCUT2D eigenvalue weighted by molar-refractivity contribution is 5.85. The number of nitro groups is 1. The third kappa shape index (κ3) is 4.84. The molecule has 0 aromatic heterocycles. The number of hydrogen-bond donors (Lipinski definition) is 1. The Morgan fingerprint density at radius 3 is 2.17 bits per heavy atom. The van der Waals surface area contributed by atoms with Crippen molar-refractivity contribution in [1.82, 2.24) is 10.2 Å². The molecule has 1 heterocycles. The Hall–Kier alpha value is -1.28. The molecule has 1 aliphatic heterocycles. The van der Waals surface area contributed by atoms with Crippen LogP contribution >= 0.6 is 24.8 Å². The fourth-order valence-corrected chi connectivity index (χ4v) is 2.64. The molecule has 7 nitrogen and oxygen atoms in total. The zero-order valence-electron chi connectivity index (χ0n) is 13.4. The van der Waals surface area contributed by atoms with Gasteiger partial charge in [-0.25, -0.2) is 0 Å². The monoisotopic (exact) mass is 367 g/mol. The third-order valence-electron chi connectivity index (χ3n) is 3.88. The molecule has 0 bridgehead atoms. The first kappa shape index (κ1) is 21.7. The standard InChI is InChI=1S/C14H21N3O4.2ClH/c1-10(16-6-4-15-5-7-16)11-8-13(20-2)14(21-3)9-12(11)17(18)19;;/h8-10,15H,4-7H2,1-3H3;2*1H/t10-;;/m1../s1. The number of halogens is 2. The Labute approximate surface area is 148 Å². The number of hydrogen-bond acceptors (Lipinski definition) is 6. The van der Waals surface area contributed by atoms with Crippen molar-refractivity contribution in [3.05, 3.63) is 27.8 Å². The molecule has 0 amide bonds. The summed E-state index contributed by atoms with van der Waals surface area (Å²) in [6, 6.07) is 3.10. The Bertz CT molecular complexity index is 525. The van der Waals surface area contributed by atoms with Crippen molar-refractivity contribution < 1.29 is 14.4 Å². The molecule has 1 fully saturated rings. The van der Waals surface area contributed by atoms with Gasteiger partial charge >= 0.3 is 0 Å². The second kappa shape index (κ2) is 9.77. The molecule has 23 heavy (non-hydrogen) atoms. The van der Waals surface area contributed by atoms with Crippen molar-refractivity contribution in [2.24, 2.45) is 0 Å². The minimum atomic E-state index is -0.365. The number of nitro benzene ring substituents is 1. The average molecular weight is 368 g/mol. The molecule has 1 aromatic carbocycles. The van der Waals surface area contributed by atoms with Crippen molar-refractivity contribution in [2.45, 2.75) is 13.0 Å². The summed E-state index contributed by atoms with van der Waals surface area (Å²) in [7, 11) is 3.00. The van der Waals surface area contributed by atoms with Crippen LogP contribution in [0.5, 0.6) is 11.5 Å². The van der Waals surface area contributed by atoms with Crippen LogP contribution in [-0.4, -0.2) is 50.2 Å². The van der Waals surface area contributed by atoms with Gasteiger partial charge in [0.15, 0.2) is 11.5 Å². The summed E-state index contributed by atoms with van der Waals surface area (Å²) in [6.45, 7) is 5.51. The highest BCUT2D eigenvalue weighted by atomic mass is 35.5. The molecule has 1 saturated heterocycles. The predicted molar refractivity (Wildman–Crippen MR) is 93.6 cm³/mol. The number of methoxy groups -OCH3 is 2. The lowest BCUT2D eigenvalue weighted by Crippen LogP contribution is -2.44. The van der Waals surface area contributed by atoms with Crippen LogP contribution in [0.3, 0.4) is 0 Å². The van der Waals surface area contributed by atoms with Gasteiger partial charge in [0.1, 0.15) is 0 Å². The largest absolute Gasteiger partial charge is 0.493 e. The quantitative estimate of drug-likeness (QED) is 0.636. The molecule has 9 heteroatoms. The van der Waals surface area contributed by atoms with Gasteiger partial charge in [0.05, 0.1) is 30.8 Å². The van der Waals surface area contributed by atoms with E-state index in [1.54, 1.807) is 6.07 Å². The normalized spacial score (nSPS) is 15.8. The Morgan fingerprint density at radius 1 is 1.17 bits per heavy atom. The Morgan fingerprint density at radius 2 is 1.70 bits per heavy atom. The molecule has 0 aliphatic carbocycles. The zero-order chi connectivity index (χ0) is 15.4. The summed E-state index contributed by atoms with van der Waals surface area (Å²) in [5, 5.41) is 14.6. The number of nitrogens with zero attached hydrogens (tertiary/aromatic N) is 2. The van der Waals surface area contributed by atoms with E-state index in [1.807, 2.05) is 6.92 Å². The Kier molecular flexibility index (Phi) is 9.23. The second-order valence-corrected chi connectivity index (χ2v) is 4.99. The van der Waals surface area contributed by atoms with Crippen LogP contribution in [0.1, 0.15) is 18.5 Å². The minimum Gasteiger partial charge on any atom is -0.493 e. The average Bonchev–Trinajstić information content (AvgIpc) is 2.53. The minimum absolute atomic E-state index is 0. The molecule has 0 spiro atoms. The number of ether oxygens (including phenoxy) is 2. The van der Waals surface area contributed by atoms with E-state index in [1.165, 1.54) is 20.3 Å². The van der Waals surface area contributed by atoms with Gasteiger partial charge in [-0.3, -0.25) is 15.0 Å². The van der Waals surface area contributed by atoms with E-state index in [-0.39, 0.29) is 41.5 Å². The van der Waals surface area contributed by atoms with Gasteiger partial charge in [0.25, 0.3) is 5.69 Å². The fourth-order valence-electron chi connectivity index (χ4n) is 2.64. The molecule has 132 valence electrons. The van der Waals surface area contributed by atoms with Crippen molar-refractivity contribution in [3.63, 3.8) is 0 Å². The van der Waals surface area contributed by atoms with E-state index in [4.69, 9.17) is 9.47 Å². The Balaban J connectivity index is 0.00000242. The highest BCUT2D eigenvalue weighted by Gasteiger charge is 2.27. The van der Waals surface area contributed by atoms with E-state index < -0.39 is 0 Å². The van der Waals surface area contributed by atoms with Crippen molar-refractivity contribution in [3.8, 4) is 11.5 Å². The maximum absolute atomic E-state index is 11.4. The van der Waals surface area contributed by atoms with Gasteiger partial charge in [0, 0.05) is 32.2 Å². The molecule has 1 aromatic rings. The van der Waals surface area contributed by atoms with E-state index >= 15 is 0 Å².